The minimum atomic E-state index is -4.57. The Morgan fingerprint density at radius 1 is 1.14 bits per heavy atom. The lowest BCUT2D eigenvalue weighted by molar-refractivity contribution is -0.144. The first kappa shape index (κ1) is 22.5. The number of halogens is 5. The summed E-state index contributed by atoms with van der Waals surface area (Å²) >= 11 is 11.8. The minimum absolute atomic E-state index is 0.0138. The number of carbonyl (C=O) groups excluding carboxylic acids is 2. The van der Waals surface area contributed by atoms with Gasteiger partial charge in [-0.15, -0.1) is 0 Å². The van der Waals surface area contributed by atoms with Gasteiger partial charge < -0.3 is 9.47 Å². The largest absolute Gasteiger partial charge is 0.465 e. The van der Waals surface area contributed by atoms with Crippen molar-refractivity contribution < 1.29 is 32.2 Å². The first-order valence-electron chi connectivity index (χ1n) is 8.03. The summed E-state index contributed by atoms with van der Waals surface area (Å²) in [6.45, 7) is 1.50. The summed E-state index contributed by atoms with van der Waals surface area (Å²) in [5.41, 5.74) is -1.14. The predicted molar refractivity (Wildman–Crippen MR) is 98.0 cm³/mol. The van der Waals surface area contributed by atoms with Crippen molar-refractivity contribution in [1.29, 1.82) is 5.26 Å². The Balaban J connectivity index is 2.33. The number of alkyl halides is 3. The van der Waals surface area contributed by atoms with E-state index in [4.69, 9.17) is 37.9 Å². The molecule has 0 aliphatic carbocycles. The molecule has 2 aromatic rings. The summed E-state index contributed by atoms with van der Waals surface area (Å²) in [5.74, 6) is -3.73. The van der Waals surface area contributed by atoms with Gasteiger partial charge in [0.1, 0.15) is 11.5 Å². The lowest BCUT2D eigenvalue weighted by atomic mass is 9.98. The van der Waals surface area contributed by atoms with Crippen LogP contribution in [0.15, 0.2) is 36.4 Å². The van der Waals surface area contributed by atoms with E-state index >= 15 is 0 Å². The Labute approximate surface area is 173 Å². The van der Waals surface area contributed by atoms with E-state index < -0.39 is 29.4 Å². The first-order chi connectivity index (χ1) is 13.6. The van der Waals surface area contributed by atoms with Crippen LogP contribution in [-0.4, -0.2) is 18.4 Å². The molecule has 0 saturated carbocycles. The molecule has 0 heterocycles. The van der Waals surface area contributed by atoms with Crippen LogP contribution in [0.25, 0.3) is 0 Å². The van der Waals surface area contributed by atoms with Gasteiger partial charge in [0.25, 0.3) is 0 Å². The second-order valence-electron chi connectivity index (χ2n) is 5.57. The number of esters is 1. The Hall–Kier alpha value is -2.76. The average molecular weight is 446 g/mol. The summed E-state index contributed by atoms with van der Waals surface area (Å²) in [5, 5.41) is 8.77. The maximum atomic E-state index is 12.7. The van der Waals surface area contributed by atoms with Gasteiger partial charge in [0.05, 0.1) is 28.3 Å². The quantitative estimate of drug-likeness (QED) is 0.324. The van der Waals surface area contributed by atoms with Gasteiger partial charge in [-0.2, -0.15) is 18.4 Å². The van der Waals surface area contributed by atoms with E-state index in [1.807, 2.05) is 0 Å². The van der Waals surface area contributed by atoms with Crippen LogP contribution >= 0.6 is 23.2 Å². The van der Waals surface area contributed by atoms with Crippen LogP contribution < -0.4 is 4.74 Å². The highest BCUT2D eigenvalue weighted by atomic mass is 35.5. The number of rotatable bonds is 6. The fourth-order valence-corrected chi connectivity index (χ4v) is 2.67. The van der Waals surface area contributed by atoms with Gasteiger partial charge in [0.15, 0.2) is 5.78 Å². The van der Waals surface area contributed by atoms with Crippen molar-refractivity contribution in [3.8, 4) is 17.6 Å². The molecule has 0 amide bonds. The first-order valence-corrected chi connectivity index (χ1v) is 8.78. The smallest absolute Gasteiger partial charge is 0.416 e. The molecule has 1 atom stereocenters. The molecule has 2 aromatic carbocycles. The van der Waals surface area contributed by atoms with Crippen LogP contribution in [0.5, 0.6) is 11.5 Å². The molecule has 0 spiro atoms. The second-order valence-corrected chi connectivity index (χ2v) is 6.38. The van der Waals surface area contributed by atoms with Crippen LogP contribution in [0.1, 0.15) is 22.8 Å². The van der Waals surface area contributed by atoms with E-state index in [9.17, 15) is 22.8 Å². The standard InChI is InChI=1S/C19H12Cl2F3NO4/c1-2-28-18(27)13(9-25)17(26)12-8-11(4-5-14(12)20)29-16-6-3-10(7-15(16)21)19(22,23)24/h3-8,13H,2H2,1H3. The molecule has 2 rings (SSSR count). The van der Waals surface area contributed by atoms with Crippen LogP contribution in [0.2, 0.25) is 10.0 Å². The molecule has 152 valence electrons. The van der Waals surface area contributed by atoms with Gasteiger partial charge in [0, 0.05) is 5.56 Å². The van der Waals surface area contributed by atoms with E-state index in [0.717, 1.165) is 18.2 Å². The van der Waals surface area contributed by atoms with Gasteiger partial charge in [-0.3, -0.25) is 9.59 Å². The SMILES string of the molecule is CCOC(=O)C(C#N)C(=O)c1cc(Oc2ccc(C(F)(F)F)cc2Cl)ccc1Cl. The Morgan fingerprint density at radius 3 is 2.38 bits per heavy atom. The number of nitriles is 1. The summed E-state index contributed by atoms with van der Waals surface area (Å²) in [4.78, 5) is 24.3. The minimum Gasteiger partial charge on any atom is -0.465 e. The lowest BCUT2D eigenvalue weighted by Gasteiger charge is -2.13. The van der Waals surface area contributed by atoms with Crippen LogP contribution in [0.3, 0.4) is 0 Å². The number of nitrogens with zero attached hydrogens (tertiary/aromatic N) is 1. The van der Waals surface area contributed by atoms with E-state index in [2.05, 4.69) is 0 Å². The number of hydrogen-bond acceptors (Lipinski definition) is 5. The van der Waals surface area contributed by atoms with Crippen molar-refractivity contribution in [2.45, 2.75) is 13.1 Å². The average Bonchev–Trinajstić information content (AvgIpc) is 2.64. The molecule has 0 fully saturated rings. The third-order valence-electron chi connectivity index (χ3n) is 3.60. The van der Waals surface area contributed by atoms with Gasteiger partial charge >= 0.3 is 12.1 Å². The number of ether oxygens (including phenoxy) is 2. The van der Waals surface area contributed by atoms with Crippen molar-refractivity contribution in [2.24, 2.45) is 5.92 Å². The highest BCUT2D eigenvalue weighted by molar-refractivity contribution is 6.34. The zero-order valence-electron chi connectivity index (χ0n) is 14.7. The third-order valence-corrected chi connectivity index (χ3v) is 4.23. The van der Waals surface area contributed by atoms with Crippen LogP contribution in [0, 0.1) is 17.2 Å². The van der Waals surface area contributed by atoms with Crippen molar-refractivity contribution in [3.05, 3.63) is 57.6 Å². The Morgan fingerprint density at radius 2 is 1.83 bits per heavy atom. The molecule has 10 heteroatoms. The monoisotopic (exact) mass is 445 g/mol. The summed E-state index contributed by atoms with van der Waals surface area (Å²) in [7, 11) is 0. The van der Waals surface area contributed by atoms with Crippen molar-refractivity contribution in [3.63, 3.8) is 0 Å². The number of ketones is 1. The number of Topliss-reactive ketones (excluding diaryl/α,β-unsaturated/α-hetero) is 1. The molecular weight excluding hydrogens is 434 g/mol. The van der Waals surface area contributed by atoms with Crippen molar-refractivity contribution in [2.75, 3.05) is 6.61 Å². The molecule has 5 nitrogen and oxygen atoms in total. The fraction of sp³-hybridized carbons (Fsp3) is 0.211. The number of hydrogen-bond donors (Lipinski definition) is 0. The zero-order valence-corrected chi connectivity index (χ0v) is 16.2. The third kappa shape index (κ3) is 5.40. The molecule has 0 bridgehead atoms. The molecule has 0 saturated heterocycles. The summed E-state index contributed by atoms with van der Waals surface area (Å²) in [6, 6.07) is 7.85. The Kier molecular flexibility index (Phi) is 7.11. The summed E-state index contributed by atoms with van der Waals surface area (Å²) < 4.78 is 48.3. The van der Waals surface area contributed by atoms with E-state index in [1.165, 1.54) is 19.1 Å². The molecular formula is C19H12Cl2F3NO4. The molecule has 0 aliphatic rings. The van der Waals surface area contributed by atoms with Gasteiger partial charge in [-0.25, -0.2) is 0 Å². The fourth-order valence-electron chi connectivity index (χ4n) is 2.24. The zero-order chi connectivity index (χ0) is 21.8. The maximum Gasteiger partial charge on any atom is 0.416 e. The summed E-state index contributed by atoms with van der Waals surface area (Å²) in [6.07, 6.45) is -4.57. The molecule has 29 heavy (non-hydrogen) atoms. The van der Waals surface area contributed by atoms with Gasteiger partial charge in [0.2, 0.25) is 5.92 Å². The second kappa shape index (κ2) is 9.16. The van der Waals surface area contributed by atoms with Crippen molar-refractivity contribution >= 4 is 35.0 Å². The van der Waals surface area contributed by atoms with Crippen molar-refractivity contribution in [1.82, 2.24) is 0 Å². The van der Waals surface area contributed by atoms with Crippen LogP contribution in [0.4, 0.5) is 13.2 Å². The van der Waals surface area contributed by atoms with E-state index in [0.29, 0.717) is 6.07 Å². The van der Waals surface area contributed by atoms with E-state index in [1.54, 1.807) is 6.07 Å². The Bertz CT molecular complexity index is 986. The lowest BCUT2D eigenvalue weighted by Crippen LogP contribution is -2.25. The maximum absolute atomic E-state index is 12.7. The topological polar surface area (TPSA) is 76.4 Å². The normalized spacial score (nSPS) is 12.0. The number of benzene rings is 2. The molecule has 0 N–H and O–H groups in total. The van der Waals surface area contributed by atoms with Gasteiger partial charge in [-0.05, 0) is 43.3 Å². The molecule has 0 radical (unpaired) electrons. The van der Waals surface area contributed by atoms with Crippen LogP contribution in [-0.2, 0) is 15.7 Å². The highest BCUT2D eigenvalue weighted by Gasteiger charge is 2.32. The molecule has 1 unspecified atom stereocenters. The molecule has 0 aliphatic heterocycles. The van der Waals surface area contributed by atoms with Gasteiger partial charge in [-0.1, -0.05) is 23.2 Å². The molecule has 0 aromatic heterocycles. The number of carbonyl (C=O) groups is 2. The predicted octanol–water partition coefficient (Wildman–Crippen LogP) is 5.69. The van der Waals surface area contributed by atoms with E-state index in [-0.39, 0.29) is 33.7 Å². The highest BCUT2D eigenvalue weighted by Crippen LogP contribution is 2.37.